The van der Waals surface area contributed by atoms with Crippen LogP contribution in [0.1, 0.15) is 0 Å². The minimum Gasteiger partial charge on any atom is -0.481 e. The lowest BCUT2D eigenvalue weighted by atomic mass is 10.1. The summed E-state index contributed by atoms with van der Waals surface area (Å²) >= 11 is 0. The summed E-state index contributed by atoms with van der Waals surface area (Å²) < 4.78 is 0. The van der Waals surface area contributed by atoms with Crippen LogP contribution in [0.25, 0.3) is 0 Å². The second-order valence-corrected chi connectivity index (χ2v) is 1.92. The Morgan fingerprint density at radius 1 is 1.20 bits per heavy atom. The molecule has 60 valence electrons. The van der Waals surface area contributed by atoms with Gasteiger partial charge in [0.1, 0.15) is 5.60 Å². The van der Waals surface area contributed by atoms with Gasteiger partial charge in [-0.25, -0.2) is 0 Å². The monoisotopic (exact) mass is 150 g/mol. The largest absolute Gasteiger partial charge is 0.481 e. The van der Waals surface area contributed by atoms with E-state index in [2.05, 4.69) is 0 Å². The number of hydrogen-bond donors (Lipinski definition) is 5. The van der Waals surface area contributed by atoms with Crippen molar-refractivity contribution >= 4 is 0 Å². The standard InChI is InChI=1S/C5H10O5/c6-2-5(10,3-7)1-4(8)9/h1,6-10H,2-3H2. The minimum atomic E-state index is -1.95. The summed E-state index contributed by atoms with van der Waals surface area (Å²) in [5.41, 5.74) is -1.95. The average Bonchev–Trinajstić information content (AvgIpc) is 1.87. The zero-order valence-electron chi connectivity index (χ0n) is 5.23. The third kappa shape index (κ3) is 2.67. The van der Waals surface area contributed by atoms with E-state index >= 15 is 0 Å². The summed E-state index contributed by atoms with van der Waals surface area (Å²) in [5.74, 6) is -1.13. The molecule has 0 aliphatic carbocycles. The smallest absolute Gasteiger partial charge is 0.272 e. The molecule has 0 amide bonds. The molecule has 0 saturated carbocycles. The predicted molar refractivity (Wildman–Crippen MR) is 32.5 cm³/mol. The second kappa shape index (κ2) is 3.40. The van der Waals surface area contributed by atoms with Gasteiger partial charge in [-0.1, -0.05) is 0 Å². The summed E-state index contributed by atoms with van der Waals surface area (Å²) in [5, 5.41) is 42.0. The molecule has 0 aromatic rings. The van der Waals surface area contributed by atoms with Gasteiger partial charge in [-0.15, -0.1) is 0 Å². The Hall–Kier alpha value is -0.780. The van der Waals surface area contributed by atoms with Crippen LogP contribution in [0.2, 0.25) is 0 Å². The highest BCUT2D eigenvalue weighted by molar-refractivity contribution is 5.00. The fraction of sp³-hybridized carbons (Fsp3) is 0.600. The van der Waals surface area contributed by atoms with Crippen molar-refractivity contribution in [2.45, 2.75) is 5.60 Å². The summed E-state index contributed by atoms with van der Waals surface area (Å²) in [6.45, 7) is -1.54. The van der Waals surface area contributed by atoms with Gasteiger partial charge in [-0.05, 0) is 0 Å². The number of rotatable bonds is 3. The SMILES string of the molecule is OCC(O)(C=C(O)O)CO. The van der Waals surface area contributed by atoms with Gasteiger partial charge in [-0.3, -0.25) is 0 Å². The van der Waals surface area contributed by atoms with E-state index in [-0.39, 0.29) is 0 Å². The second-order valence-electron chi connectivity index (χ2n) is 1.92. The minimum absolute atomic E-state index is 0.549. The van der Waals surface area contributed by atoms with Gasteiger partial charge >= 0.3 is 0 Å². The highest BCUT2D eigenvalue weighted by Crippen LogP contribution is 2.05. The summed E-state index contributed by atoms with van der Waals surface area (Å²) in [7, 11) is 0. The highest BCUT2D eigenvalue weighted by atomic mass is 16.5. The Balaban J connectivity index is 4.20. The Morgan fingerprint density at radius 3 is 1.70 bits per heavy atom. The van der Waals surface area contributed by atoms with Crippen molar-refractivity contribution in [3.63, 3.8) is 0 Å². The normalized spacial score (nSPS) is 11.1. The number of aliphatic hydroxyl groups is 5. The van der Waals surface area contributed by atoms with E-state index in [0.717, 1.165) is 0 Å². The van der Waals surface area contributed by atoms with Crippen LogP contribution < -0.4 is 0 Å². The van der Waals surface area contributed by atoms with Gasteiger partial charge in [0.2, 0.25) is 0 Å². The van der Waals surface area contributed by atoms with Crippen molar-refractivity contribution < 1.29 is 25.5 Å². The van der Waals surface area contributed by atoms with Gasteiger partial charge in [-0.2, -0.15) is 0 Å². The van der Waals surface area contributed by atoms with Gasteiger partial charge < -0.3 is 25.5 Å². The highest BCUT2D eigenvalue weighted by Gasteiger charge is 2.22. The molecule has 0 radical (unpaired) electrons. The molecule has 0 heterocycles. The van der Waals surface area contributed by atoms with Crippen LogP contribution in [0.3, 0.4) is 0 Å². The predicted octanol–water partition coefficient (Wildman–Crippen LogP) is -1.34. The van der Waals surface area contributed by atoms with Crippen LogP contribution in [0.15, 0.2) is 12.0 Å². The van der Waals surface area contributed by atoms with Gasteiger partial charge in [0, 0.05) is 6.08 Å². The van der Waals surface area contributed by atoms with Crippen molar-refractivity contribution in [3.05, 3.63) is 12.0 Å². The van der Waals surface area contributed by atoms with Crippen LogP contribution in [0.4, 0.5) is 0 Å². The molecule has 0 unspecified atom stereocenters. The maximum absolute atomic E-state index is 8.90. The van der Waals surface area contributed by atoms with E-state index in [1.807, 2.05) is 0 Å². The van der Waals surface area contributed by atoms with Crippen molar-refractivity contribution in [2.24, 2.45) is 0 Å². The third-order valence-corrected chi connectivity index (χ3v) is 0.945. The first-order valence-electron chi connectivity index (χ1n) is 2.59. The zero-order valence-corrected chi connectivity index (χ0v) is 5.23. The van der Waals surface area contributed by atoms with Crippen molar-refractivity contribution in [3.8, 4) is 0 Å². The molecule has 0 spiro atoms. The van der Waals surface area contributed by atoms with E-state index in [9.17, 15) is 0 Å². The van der Waals surface area contributed by atoms with Crippen LogP contribution in [0, 0.1) is 0 Å². The molecular formula is C5H10O5. The first-order chi connectivity index (χ1) is 4.54. The first-order valence-corrected chi connectivity index (χ1v) is 2.59. The molecule has 5 N–H and O–H groups in total. The van der Waals surface area contributed by atoms with Gasteiger partial charge in [0.15, 0.2) is 0 Å². The molecule has 0 aliphatic heterocycles. The molecule has 0 saturated heterocycles. The number of aliphatic hydroxyl groups excluding tert-OH is 3. The van der Waals surface area contributed by atoms with Crippen molar-refractivity contribution in [1.82, 2.24) is 0 Å². The Bertz CT molecular complexity index is 122. The first kappa shape index (κ1) is 9.22. The molecule has 0 aromatic heterocycles. The third-order valence-electron chi connectivity index (χ3n) is 0.945. The lowest BCUT2D eigenvalue weighted by Crippen LogP contribution is -2.35. The van der Waals surface area contributed by atoms with Crippen LogP contribution in [-0.2, 0) is 0 Å². The molecule has 5 heteroatoms. The number of hydrogen-bond acceptors (Lipinski definition) is 5. The lowest BCUT2D eigenvalue weighted by Gasteiger charge is -2.17. The zero-order chi connectivity index (χ0) is 8.20. The molecule has 10 heavy (non-hydrogen) atoms. The molecule has 0 bridgehead atoms. The van der Waals surface area contributed by atoms with E-state index in [1.54, 1.807) is 0 Å². The maximum atomic E-state index is 8.90. The van der Waals surface area contributed by atoms with Crippen LogP contribution in [0.5, 0.6) is 0 Å². The summed E-state index contributed by atoms with van der Waals surface area (Å²) in [4.78, 5) is 0. The summed E-state index contributed by atoms with van der Waals surface area (Å²) in [6, 6.07) is 0. The van der Waals surface area contributed by atoms with Crippen LogP contribution >= 0.6 is 0 Å². The van der Waals surface area contributed by atoms with Gasteiger partial charge in [0.05, 0.1) is 13.2 Å². The molecular weight excluding hydrogens is 140 g/mol. The van der Waals surface area contributed by atoms with Gasteiger partial charge in [0.25, 0.3) is 5.95 Å². The topological polar surface area (TPSA) is 101 Å². The molecule has 0 atom stereocenters. The van der Waals surface area contributed by atoms with E-state index in [0.29, 0.717) is 6.08 Å². The maximum Gasteiger partial charge on any atom is 0.272 e. The fourth-order valence-corrected chi connectivity index (χ4v) is 0.382. The van der Waals surface area contributed by atoms with E-state index in [4.69, 9.17) is 25.5 Å². The Labute approximate surface area is 57.5 Å². The molecule has 0 aliphatic rings. The Morgan fingerprint density at radius 2 is 1.60 bits per heavy atom. The molecule has 0 aromatic carbocycles. The van der Waals surface area contributed by atoms with Crippen molar-refractivity contribution in [1.29, 1.82) is 0 Å². The molecule has 0 fully saturated rings. The fourth-order valence-electron chi connectivity index (χ4n) is 0.382. The van der Waals surface area contributed by atoms with Crippen molar-refractivity contribution in [2.75, 3.05) is 13.2 Å². The summed E-state index contributed by atoms with van der Waals surface area (Å²) in [6.07, 6.45) is 0.549. The van der Waals surface area contributed by atoms with E-state index < -0.39 is 24.8 Å². The average molecular weight is 150 g/mol. The quantitative estimate of drug-likeness (QED) is 0.320. The van der Waals surface area contributed by atoms with E-state index in [1.165, 1.54) is 0 Å². The van der Waals surface area contributed by atoms with Crippen LogP contribution in [-0.4, -0.2) is 44.3 Å². The molecule has 0 rings (SSSR count). The Kier molecular flexibility index (Phi) is 3.14. The lowest BCUT2D eigenvalue weighted by molar-refractivity contribution is -0.0227. The molecule has 5 nitrogen and oxygen atoms in total.